The van der Waals surface area contributed by atoms with Gasteiger partial charge in [0.2, 0.25) is 0 Å². The van der Waals surface area contributed by atoms with Crippen molar-refractivity contribution in [2.24, 2.45) is 17.6 Å². The van der Waals surface area contributed by atoms with E-state index < -0.39 is 5.97 Å². The van der Waals surface area contributed by atoms with Gasteiger partial charge in [-0.3, -0.25) is 4.79 Å². The van der Waals surface area contributed by atoms with Gasteiger partial charge in [0.1, 0.15) is 0 Å². The molecule has 1 rings (SSSR count). The Bertz CT molecular complexity index is 153. The summed E-state index contributed by atoms with van der Waals surface area (Å²) in [5, 5.41) is 8.62. The molecular formula is C9H17NO2. The zero-order valence-corrected chi connectivity index (χ0v) is 7.33. The third kappa shape index (κ3) is 2.48. The van der Waals surface area contributed by atoms with Gasteiger partial charge in [-0.1, -0.05) is 25.7 Å². The summed E-state index contributed by atoms with van der Waals surface area (Å²) in [6.07, 6.45) is 5.10. The quantitative estimate of drug-likeness (QED) is 0.668. The maximum Gasteiger partial charge on any atom is 0.303 e. The summed E-state index contributed by atoms with van der Waals surface area (Å²) in [6.45, 7) is 0.525. The molecule has 12 heavy (non-hydrogen) atoms. The molecule has 1 atom stereocenters. The number of nitrogens with two attached hydrogens (primary N) is 1. The molecule has 0 aromatic heterocycles. The van der Waals surface area contributed by atoms with E-state index >= 15 is 0 Å². The molecule has 0 bridgehead atoms. The predicted molar refractivity (Wildman–Crippen MR) is 46.8 cm³/mol. The normalized spacial score (nSPS) is 21.1. The fourth-order valence-electron chi connectivity index (χ4n) is 2.10. The van der Waals surface area contributed by atoms with E-state index in [1.54, 1.807) is 0 Å². The maximum absolute atomic E-state index is 10.5. The van der Waals surface area contributed by atoms with Crippen LogP contribution in [0.5, 0.6) is 0 Å². The van der Waals surface area contributed by atoms with Crippen molar-refractivity contribution in [2.75, 3.05) is 6.54 Å². The van der Waals surface area contributed by atoms with Crippen molar-refractivity contribution in [3.8, 4) is 0 Å². The van der Waals surface area contributed by atoms with Gasteiger partial charge in [-0.15, -0.1) is 0 Å². The third-order valence-corrected chi connectivity index (χ3v) is 2.81. The number of carboxylic acids is 1. The highest BCUT2D eigenvalue weighted by molar-refractivity contribution is 5.67. The Labute approximate surface area is 72.9 Å². The second-order valence-corrected chi connectivity index (χ2v) is 3.64. The number of hydrogen-bond acceptors (Lipinski definition) is 2. The molecule has 0 amide bonds. The fourth-order valence-corrected chi connectivity index (χ4v) is 2.10. The lowest BCUT2D eigenvalue weighted by molar-refractivity contribution is -0.138. The van der Waals surface area contributed by atoms with E-state index in [4.69, 9.17) is 10.8 Å². The average Bonchev–Trinajstić information content (AvgIpc) is 2.51. The van der Waals surface area contributed by atoms with E-state index in [1.165, 1.54) is 25.7 Å². The second kappa shape index (κ2) is 4.45. The number of rotatable bonds is 4. The summed E-state index contributed by atoms with van der Waals surface area (Å²) < 4.78 is 0. The van der Waals surface area contributed by atoms with Crippen molar-refractivity contribution in [1.29, 1.82) is 0 Å². The van der Waals surface area contributed by atoms with Crippen molar-refractivity contribution in [3.63, 3.8) is 0 Å². The van der Waals surface area contributed by atoms with E-state index in [0.29, 0.717) is 12.5 Å². The van der Waals surface area contributed by atoms with Gasteiger partial charge in [-0.2, -0.15) is 0 Å². The molecular weight excluding hydrogens is 154 g/mol. The minimum Gasteiger partial charge on any atom is -0.481 e. The molecule has 0 saturated heterocycles. The SMILES string of the molecule is NC[C@@H](CC(=O)O)C1CCCC1. The molecule has 3 nitrogen and oxygen atoms in total. The van der Waals surface area contributed by atoms with E-state index in [9.17, 15) is 4.79 Å². The summed E-state index contributed by atoms with van der Waals surface area (Å²) >= 11 is 0. The highest BCUT2D eigenvalue weighted by Crippen LogP contribution is 2.32. The van der Waals surface area contributed by atoms with Crippen LogP contribution in [0.1, 0.15) is 32.1 Å². The van der Waals surface area contributed by atoms with Crippen LogP contribution in [0.15, 0.2) is 0 Å². The molecule has 0 heterocycles. The molecule has 3 N–H and O–H groups in total. The van der Waals surface area contributed by atoms with Crippen molar-refractivity contribution in [1.82, 2.24) is 0 Å². The van der Waals surface area contributed by atoms with Gasteiger partial charge in [-0.25, -0.2) is 0 Å². The van der Waals surface area contributed by atoms with Crippen molar-refractivity contribution >= 4 is 5.97 Å². The number of hydrogen-bond donors (Lipinski definition) is 2. The molecule has 0 aliphatic heterocycles. The Morgan fingerprint density at radius 1 is 1.50 bits per heavy atom. The molecule has 0 aromatic rings. The van der Waals surface area contributed by atoms with Crippen LogP contribution in [-0.2, 0) is 4.79 Å². The lowest BCUT2D eigenvalue weighted by Crippen LogP contribution is -2.24. The Morgan fingerprint density at radius 2 is 2.08 bits per heavy atom. The summed E-state index contributed by atoms with van der Waals surface area (Å²) in [4.78, 5) is 10.5. The van der Waals surface area contributed by atoms with E-state index in [1.807, 2.05) is 0 Å². The summed E-state index contributed by atoms with van der Waals surface area (Å²) in [5.41, 5.74) is 5.54. The Hall–Kier alpha value is -0.570. The Kier molecular flexibility index (Phi) is 3.53. The maximum atomic E-state index is 10.5. The standard InChI is InChI=1S/C9H17NO2/c10-6-8(5-9(11)12)7-3-1-2-4-7/h7-8H,1-6,10H2,(H,11,12)/t8-/m1/s1. The first-order valence-corrected chi connectivity index (χ1v) is 4.66. The zero-order valence-electron chi connectivity index (χ0n) is 7.33. The van der Waals surface area contributed by atoms with E-state index in [-0.39, 0.29) is 12.3 Å². The highest BCUT2D eigenvalue weighted by atomic mass is 16.4. The van der Waals surface area contributed by atoms with Crippen molar-refractivity contribution in [3.05, 3.63) is 0 Å². The molecule has 3 heteroatoms. The Morgan fingerprint density at radius 3 is 2.50 bits per heavy atom. The molecule has 1 fully saturated rings. The largest absolute Gasteiger partial charge is 0.481 e. The lowest BCUT2D eigenvalue weighted by atomic mass is 9.88. The van der Waals surface area contributed by atoms with Crippen LogP contribution in [0, 0.1) is 11.8 Å². The molecule has 1 saturated carbocycles. The lowest BCUT2D eigenvalue weighted by Gasteiger charge is -2.19. The van der Waals surface area contributed by atoms with Gasteiger partial charge >= 0.3 is 5.97 Å². The molecule has 0 unspecified atom stereocenters. The predicted octanol–water partition coefficient (Wildman–Crippen LogP) is 1.23. The zero-order chi connectivity index (χ0) is 8.97. The number of carbonyl (C=O) groups is 1. The number of aliphatic carboxylic acids is 1. The third-order valence-electron chi connectivity index (χ3n) is 2.81. The molecule has 70 valence electrons. The van der Waals surface area contributed by atoms with Crippen LogP contribution in [0.4, 0.5) is 0 Å². The molecule has 1 aliphatic rings. The van der Waals surface area contributed by atoms with E-state index in [0.717, 1.165) is 0 Å². The van der Waals surface area contributed by atoms with Crippen LogP contribution in [-0.4, -0.2) is 17.6 Å². The van der Waals surface area contributed by atoms with Crippen LogP contribution in [0.25, 0.3) is 0 Å². The summed E-state index contributed by atoms with van der Waals surface area (Å²) in [5.74, 6) is 0.0773. The van der Waals surface area contributed by atoms with Crippen LogP contribution in [0.3, 0.4) is 0 Å². The van der Waals surface area contributed by atoms with E-state index in [2.05, 4.69) is 0 Å². The first-order chi connectivity index (χ1) is 5.74. The van der Waals surface area contributed by atoms with Crippen LogP contribution in [0.2, 0.25) is 0 Å². The minimum absolute atomic E-state index is 0.213. The second-order valence-electron chi connectivity index (χ2n) is 3.64. The summed E-state index contributed by atoms with van der Waals surface area (Å²) in [7, 11) is 0. The van der Waals surface area contributed by atoms with Gasteiger partial charge in [-0.05, 0) is 18.4 Å². The molecule has 0 radical (unpaired) electrons. The van der Waals surface area contributed by atoms with Gasteiger partial charge in [0.25, 0.3) is 0 Å². The Balaban J connectivity index is 2.37. The highest BCUT2D eigenvalue weighted by Gasteiger charge is 2.25. The number of carboxylic acid groups (broad SMARTS) is 1. The average molecular weight is 171 g/mol. The van der Waals surface area contributed by atoms with Crippen LogP contribution < -0.4 is 5.73 Å². The van der Waals surface area contributed by atoms with Gasteiger partial charge in [0, 0.05) is 6.42 Å². The minimum atomic E-state index is -0.711. The monoisotopic (exact) mass is 171 g/mol. The topological polar surface area (TPSA) is 63.3 Å². The first kappa shape index (κ1) is 9.52. The molecule has 0 aromatic carbocycles. The smallest absolute Gasteiger partial charge is 0.303 e. The van der Waals surface area contributed by atoms with Gasteiger partial charge < -0.3 is 10.8 Å². The first-order valence-electron chi connectivity index (χ1n) is 4.66. The molecule has 0 spiro atoms. The summed E-state index contributed by atoms with van der Waals surface area (Å²) in [6, 6.07) is 0. The van der Waals surface area contributed by atoms with Crippen LogP contribution >= 0.6 is 0 Å². The fraction of sp³-hybridized carbons (Fsp3) is 0.889. The van der Waals surface area contributed by atoms with Gasteiger partial charge in [0.05, 0.1) is 0 Å². The molecule has 1 aliphatic carbocycles. The van der Waals surface area contributed by atoms with Crippen molar-refractivity contribution in [2.45, 2.75) is 32.1 Å². The van der Waals surface area contributed by atoms with Gasteiger partial charge in [0.15, 0.2) is 0 Å². The van der Waals surface area contributed by atoms with Crippen molar-refractivity contribution < 1.29 is 9.90 Å².